The average molecular weight is 406 g/mol. The molecule has 0 spiro atoms. The number of benzene rings is 1. The van der Waals surface area contributed by atoms with Gasteiger partial charge in [-0.2, -0.15) is 0 Å². The van der Waals surface area contributed by atoms with Gasteiger partial charge in [-0.3, -0.25) is 9.20 Å². The lowest BCUT2D eigenvalue weighted by atomic mass is 10.1. The number of aromatic nitrogens is 5. The molecule has 4 rings (SSSR count). The monoisotopic (exact) mass is 406 g/mol. The Morgan fingerprint density at radius 1 is 1.10 bits per heavy atom. The molecule has 4 aromatic rings. The minimum atomic E-state index is -0.780. The molecule has 1 N–H and O–H groups in total. The molecule has 0 aliphatic rings. The van der Waals surface area contributed by atoms with Gasteiger partial charge in [-0.05, 0) is 30.2 Å². The van der Waals surface area contributed by atoms with E-state index in [0.717, 1.165) is 5.56 Å². The molecule has 9 nitrogen and oxygen atoms in total. The molecular weight excluding hydrogens is 384 g/mol. The Kier molecular flexibility index (Phi) is 5.28. The van der Waals surface area contributed by atoms with Gasteiger partial charge >= 0.3 is 0 Å². The molecule has 0 bridgehead atoms. The van der Waals surface area contributed by atoms with E-state index in [-0.39, 0.29) is 18.4 Å². The minimum Gasteiger partial charge on any atom is -0.419 e. The van der Waals surface area contributed by atoms with Gasteiger partial charge in [0.05, 0.1) is 12.1 Å². The first kappa shape index (κ1) is 19.7. The van der Waals surface area contributed by atoms with Gasteiger partial charge in [0.2, 0.25) is 11.8 Å². The van der Waals surface area contributed by atoms with Crippen molar-refractivity contribution in [2.75, 3.05) is 7.05 Å². The maximum Gasteiger partial charge on any atom is 0.255 e. The second-order valence-corrected chi connectivity index (χ2v) is 7.42. The van der Waals surface area contributed by atoms with Crippen LogP contribution in [-0.4, -0.2) is 47.8 Å². The fourth-order valence-electron chi connectivity index (χ4n) is 3.04. The molecule has 30 heavy (non-hydrogen) atoms. The second-order valence-electron chi connectivity index (χ2n) is 7.42. The predicted molar refractivity (Wildman–Crippen MR) is 108 cm³/mol. The lowest BCUT2D eigenvalue weighted by Crippen LogP contribution is -2.26. The minimum absolute atomic E-state index is 0.0317. The average Bonchev–Trinajstić information content (AvgIpc) is 3.39. The van der Waals surface area contributed by atoms with Crippen LogP contribution in [0.3, 0.4) is 0 Å². The Balaban J connectivity index is 1.53. The summed E-state index contributed by atoms with van der Waals surface area (Å²) in [5, 5.41) is 26.6. The van der Waals surface area contributed by atoms with Crippen LogP contribution >= 0.6 is 0 Å². The number of carbonyl (C=O) groups excluding carboxylic acids is 1. The summed E-state index contributed by atoms with van der Waals surface area (Å²) in [5.74, 6) is 0.892. The lowest BCUT2D eigenvalue weighted by Gasteiger charge is -2.16. The highest BCUT2D eigenvalue weighted by Crippen LogP contribution is 2.21. The van der Waals surface area contributed by atoms with E-state index in [1.807, 2.05) is 44.2 Å². The number of nitrogens with zero attached hydrogens (tertiary/aromatic N) is 6. The summed E-state index contributed by atoms with van der Waals surface area (Å²) in [4.78, 5) is 14.4. The Morgan fingerprint density at radius 3 is 2.60 bits per heavy atom. The summed E-state index contributed by atoms with van der Waals surface area (Å²) >= 11 is 0. The summed E-state index contributed by atoms with van der Waals surface area (Å²) in [6, 6.07) is 12.8. The van der Waals surface area contributed by atoms with Crippen molar-refractivity contribution in [2.24, 2.45) is 5.92 Å². The van der Waals surface area contributed by atoms with Crippen LogP contribution in [0.4, 0.5) is 0 Å². The van der Waals surface area contributed by atoms with Crippen LogP contribution in [0.5, 0.6) is 0 Å². The quantitative estimate of drug-likeness (QED) is 0.524. The van der Waals surface area contributed by atoms with Gasteiger partial charge in [0.15, 0.2) is 11.5 Å². The molecule has 0 aliphatic heterocycles. The SMILES string of the molecule is CC(C)C(O)c1nnc2ccc(C(=O)N(C)Cc3nnc(-c4ccccc4)o3)cn12. The van der Waals surface area contributed by atoms with Gasteiger partial charge in [0, 0.05) is 18.8 Å². The summed E-state index contributed by atoms with van der Waals surface area (Å²) in [6.45, 7) is 3.95. The van der Waals surface area contributed by atoms with Gasteiger partial charge in [-0.15, -0.1) is 20.4 Å². The largest absolute Gasteiger partial charge is 0.419 e. The van der Waals surface area contributed by atoms with Crippen molar-refractivity contribution in [1.29, 1.82) is 0 Å². The third-order valence-electron chi connectivity index (χ3n) is 4.78. The van der Waals surface area contributed by atoms with Crippen LogP contribution in [-0.2, 0) is 6.54 Å². The number of pyridine rings is 1. The van der Waals surface area contributed by atoms with Crippen LogP contribution < -0.4 is 0 Å². The van der Waals surface area contributed by atoms with Gasteiger partial charge < -0.3 is 14.4 Å². The number of aliphatic hydroxyl groups excluding tert-OH is 1. The van der Waals surface area contributed by atoms with Crippen molar-refractivity contribution in [3.63, 3.8) is 0 Å². The lowest BCUT2D eigenvalue weighted by molar-refractivity contribution is 0.0772. The number of aliphatic hydroxyl groups is 1. The highest BCUT2D eigenvalue weighted by Gasteiger charge is 2.21. The van der Waals surface area contributed by atoms with Crippen LogP contribution in [0.15, 0.2) is 53.1 Å². The zero-order chi connectivity index (χ0) is 21.3. The molecule has 1 amide bonds. The highest BCUT2D eigenvalue weighted by atomic mass is 16.4. The summed E-state index contributed by atoms with van der Waals surface area (Å²) in [6.07, 6.45) is 0.857. The third kappa shape index (κ3) is 3.79. The maximum atomic E-state index is 12.9. The van der Waals surface area contributed by atoms with E-state index in [0.29, 0.717) is 28.8 Å². The van der Waals surface area contributed by atoms with Crippen molar-refractivity contribution in [3.05, 3.63) is 65.9 Å². The topological polar surface area (TPSA) is 110 Å². The first-order chi connectivity index (χ1) is 14.4. The normalized spacial score (nSPS) is 12.4. The number of carbonyl (C=O) groups is 1. The Labute approximate surface area is 173 Å². The molecule has 1 aromatic carbocycles. The number of amides is 1. The molecule has 0 radical (unpaired) electrons. The van der Waals surface area contributed by atoms with Gasteiger partial charge in [0.25, 0.3) is 5.91 Å². The van der Waals surface area contributed by atoms with Crippen LogP contribution in [0.2, 0.25) is 0 Å². The fourth-order valence-corrected chi connectivity index (χ4v) is 3.04. The Hall–Kier alpha value is -3.59. The first-order valence-electron chi connectivity index (χ1n) is 9.60. The van der Waals surface area contributed by atoms with E-state index in [1.54, 1.807) is 29.8 Å². The Morgan fingerprint density at radius 2 is 1.87 bits per heavy atom. The molecule has 1 atom stereocenters. The van der Waals surface area contributed by atoms with Crippen LogP contribution in [0.25, 0.3) is 17.1 Å². The van der Waals surface area contributed by atoms with Crippen molar-refractivity contribution in [3.8, 4) is 11.5 Å². The summed E-state index contributed by atoms with van der Waals surface area (Å²) in [5.41, 5.74) is 1.82. The fraction of sp³-hybridized carbons (Fsp3) is 0.286. The van der Waals surface area contributed by atoms with E-state index in [1.165, 1.54) is 4.90 Å². The van der Waals surface area contributed by atoms with Crippen molar-refractivity contribution >= 4 is 11.6 Å². The second kappa shape index (κ2) is 8.03. The molecule has 1 unspecified atom stereocenters. The van der Waals surface area contributed by atoms with E-state index < -0.39 is 6.10 Å². The zero-order valence-electron chi connectivity index (χ0n) is 16.9. The van der Waals surface area contributed by atoms with Crippen LogP contribution in [0.1, 0.15) is 42.0 Å². The van der Waals surface area contributed by atoms with Crippen molar-refractivity contribution in [1.82, 2.24) is 29.7 Å². The molecule has 0 saturated heterocycles. The molecule has 0 aliphatic carbocycles. The smallest absolute Gasteiger partial charge is 0.255 e. The van der Waals surface area contributed by atoms with Crippen molar-refractivity contribution < 1.29 is 14.3 Å². The van der Waals surface area contributed by atoms with Crippen molar-refractivity contribution in [2.45, 2.75) is 26.5 Å². The molecular formula is C21H22N6O3. The predicted octanol–water partition coefficient (Wildman–Crippen LogP) is 2.74. The Bertz CT molecular complexity index is 1170. The number of hydrogen-bond acceptors (Lipinski definition) is 7. The number of rotatable bonds is 6. The standard InChI is InChI=1S/C21H22N6O3/c1-13(2)18(28)19-24-22-16-10-9-15(11-27(16)19)21(29)26(3)12-17-23-25-20(30-17)14-7-5-4-6-8-14/h4-11,13,18,28H,12H2,1-3H3. The van der Waals surface area contributed by atoms with Gasteiger partial charge in [0.1, 0.15) is 6.10 Å². The van der Waals surface area contributed by atoms with Crippen LogP contribution in [0, 0.1) is 5.92 Å². The van der Waals surface area contributed by atoms with E-state index in [4.69, 9.17) is 4.42 Å². The summed E-state index contributed by atoms with van der Waals surface area (Å²) < 4.78 is 7.33. The summed E-state index contributed by atoms with van der Waals surface area (Å²) in [7, 11) is 1.66. The highest BCUT2D eigenvalue weighted by molar-refractivity contribution is 5.94. The van der Waals surface area contributed by atoms with Gasteiger partial charge in [-0.1, -0.05) is 32.0 Å². The van der Waals surface area contributed by atoms with E-state index in [2.05, 4.69) is 20.4 Å². The first-order valence-corrected chi connectivity index (χ1v) is 9.60. The molecule has 9 heteroatoms. The molecule has 0 fully saturated rings. The molecule has 154 valence electrons. The molecule has 3 aromatic heterocycles. The molecule has 3 heterocycles. The maximum absolute atomic E-state index is 12.9. The zero-order valence-corrected chi connectivity index (χ0v) is 16.9. The van der Waals surface area contributed by atoms with E-state index >= 15 is 0 Å². The number of fused-ring (bicyclic) bond motifs is 1. The number of hydrogen-bond donors (Lipinski definition) is 1. The molecule has 0 saturated carbocycles. The third-order valence-corrected chi connectivity index (χ3v) is 4.78. The van der Waals surface area contributed by atoms with Gasteiger partial charge in [-0.25, -0.2) is 0 Å². The van der Waals surface area contributed by atoms with E-state index in [9.17, 15) is 9.90 Å².